The zero-order valence-electron chi connectivity index (χ0n) is 9.08. The van der Waals surface area contributed by atoms with E-state index in [1.807, 2.05) is 0 Å². The van der Waals surface area contributed by atoms with Crippen LogP contribution in [0.3, 0.4) is 0 Å². The maximum Gasteiger partial charge on any atom is 0.356 e. The summed E-state index contributed by atoms with van der Waals surface area (Å²) in [5.74, 6) is -0.790. The van der Waals surface area contributed by atoms with Gasteiger partial charge in [0.2, 0.25) is 0 Å². The van der Waals surface area contributed by atoms with E-state index in [4.69, 9.17) is 4.74 Å². The highest BCUT2D eigenvalue weighted by Gasteiger charge is 2.21. The lowest BCUT2D eigenvalue weighted by atomic mass is 10.2. The van der Waals surface area contributed by atoms with Gasteiger partial charge in [-0.3, -0.25) is 0 Å². The molecule has 1 heterocycles. The molecule has 0 saturated carbocycles. The van der Waals surface area contributed by atoms with E-state index >= 15 is 0 Å². The summed E-state index contributed by atoms with van der Waals surface area (Å²) in [7, 11) is 2.43. The Kier molecular flexibility index (Phi) is 3.76. The number of hydrogen-bond donors (Lipinski definition) is 0. The predicted molar refractivity (Wildman–Crippen MR) is 51.8 cm³/mol. The topological polar surface area (TPSA) is 48.4 Å². The number of pyridine rings is 1. The molecule has 0 amide bonds. The Hall–Kier alpha value is -1.72. The Morgan fingerprint density at radius 3 is 2.50 bits per heavy atom. The van der Waals surface area contributed by atoms with Gasteiger partial charge in [0.1, 0.15) is 11.4 Å². The number of methoxy groups -OCH3 is 2. The number of carbonyl (C=O) groups is 1. The number of halogens is 2. The Balaban J connectivity index is 3.33. The molecule has 1 aromatic heterocycles. The van der Waals surface area contributed by atoms with Crippen molar-refractivity contribution in [1.82, 2.24) is 4.98 Å². The van der Waals surface area contributed by atoms with Crippen LogP contribution in [0, 0.1) is 6.92 Å². The molecule has 0 fully saturated rings. The van der Waals surface area contributed by atoms with Crippen LogP contribution in [0.25, 0.3) is 0 Å². The molecule has 88 valence electrons. The number of esters is 1. The lowest BCUT2D eigenvalue weighted by Crippen LogP contribution is -2.10. The van der Waals surface area contributed by atoms with Crippen molar-refractivity contribution < 1.29 is 23.0 Å². The molecule has 4 nitrogen and oxygen atoms in total. The van der Waals surface area contributed by atoms with Crippen LogP contribution in [0.4, 0.5) is 8.78 Å². The van der Waals surface area contributed by atoms with E-state index in [-0.39, 0.29) is 11.4 Å². The van der Waals surface area contributed by atoms with Crippen LogP contribution in [0.5, 0.6) is 5.75 Å². The largest absolute Gasteiger partial charge is 0.495 e. The van der Waals surface area contributed by atoms with E-state index in [0.717, 1.165) is 7.11 Å². The molecule has 0 spiro atoms. The molecule has 0 saturated heterocycles. The highest BCUT2D eigenvalue weighted by Crippen LogP contribution is 2.28. The van der Waals surface area contributed by atoms with Gasteiger partial charge in [-0.25, -0.2) is 18.6 Å². The van der Waals surface area contributed by atoms with E-state index in [1.165, 1.54) is 13.2 Å². The van der Waals surface area contributed by atoms with Crippen LogP contribution < -0.4 is 4.74 Å². The molecule has 0 bridgehead atoms. The summed E-state index contributed by atoms with van der Waals surface area (Å²) >= 11 is 0. The normalized spacial score (nSPS) is 10.4. The maximum atomic E-state index is 12.6. The van der Waals surface area contributed by atoms with E-state index < -0.39 is 18.1 Å². The number of ether oxygens (including phenoxy) is 2. The number of alkyl halides is 2. The van der Waals surface area contributed by atoms with Crippen molar-refractivity contribution in [2.24, 2.45) is 0 Å². The molecule has 0 unspecified atom stereocenters. The molecule has 0 N–H and O–H groups in total. The first-order chi connectivity index (χ1) is 7.51. The third kappa shape index (κ3) is 2.26. The van der Waals surface area contributed by atoms with Crippen molar-refractivity contribution in [2.75, 3.05) is 14.2 Å². The molecule has 0 radical (unpaired) electrons. The first kappa shape index (κ1) is 12.4. The molecule has 1 aromatic rings. The summed E-state index contributed by atoms with van der Waals surface area (Å²) in [6.07, 6.45) is -2.81. The first-order valence-corrected chi connectivity index (χ1v) is 4.43. The van der Waals surface area contributed by atoms with Gasteiger partial charge < -0.3 is 9.47 Å². The minimum Gasteiger partial charge on any atom is -0.495 e. The average molecular weight is 231 g/mol. The van der Waals surface area contributed by atoms with E-state index in [9.17, 15) is 13.6 Å². The summed E-state index contributed by atoms with van der Waals surface area (Å²) in [4.78, 5) is 14.8. The molecular weight excluding hydrogens is 220 g/mol. The zero-order chi connectivity index (χ0) is 12.3. The average Bonchev–Trinajstić information content (AvgIpc) is 2.27. The van der Waals surface area contributed by atoms with Gasteiger partial charge >= 0.3 is 5.97 Å². The highest BCUT2D eigenvalue weighted by atomic mass is 19.3. The standard InChI is InChI=1S/C10H11F2NO3/c1-5-4-6(15-2)8(9(11)12)13-7(5)10(14)16-3/h4,9H,1-3H3. The van der Waals surface area contributed by atoms with E-state index in [0.29, 0.717) is 5.56 Å². The minimum absolute atomic E-state index is 0.0415. The van der Waals surface area contributed by atoms with Crippen molar-refractivity contribution in [3.05, 3.63) is 23.0 Å². The fourth-order valence-electron chi connectivity index (χ4n) is 1.23. The predicted octanol–water partition coefficient (Wildman–Crippen LogP) is 2.12. The number of aromatic nitrogens is 1. The summed E-state index contributed by atoms with van der Waals surface area (Å²) in [6.45, 7) is 1.57. The molecule has 6 heteroatoms. The molecule has 0 aromatic carbocycles. The van der Waals surface area contributed by atoms with E-state index in [1.54, 1.807) is 6.92 Å². The molecule has 0 aliphatic heterocycles. The van der Waals surface area contributed by atoms with Crippen molar-refractivity contribution >= 4 is 5.97 Å². The van der Waals surface area contributed by atoms with Crippen molar-refractivity contribution in [2.45, 2.75) is 13.3 Å². The Labute approximate surface area is 91.2 Å². The van der Waals surface area contributed by atoms with Crippen molar-refractivity contribution in [1.29, 1.82) is 0 Å². The fourth-order valence-corrected chi connectivity index (χ4v) is 1.23. The summed E-state index contributed by atoms with van der Waals surface area (Å²) in [5, 5.41) is 0. The first-order valence-electron chi connectivity index (χ1n) is 4.43. The van der Waals surface area contributed by atoms with Gasteiger partial charge in [-0.1, -0.05) is 0 Å². The van der Waals surface area contributed by atoms with Gasteiger partial charge in [0.15, 0.2) is 5.69 Å². The lowest BCUT2D eigenvalue weighted by molar-refractivity contribution is 0.0591. The van der Waals surface area contributed by atoms with Crippen molar-refractivity contribution in [3.63, 3.8) is 0 Å². The van der Waals surface area contributed by atoms with Gasteiger partial charge in [0.25, 0.3) is 6.43 Å². The number of carbonyl (C=O) groups excluding carboxylic acids is 1. The maximum absolute atomic E-state index is 12.6. The van der Waals surface area contributed by atoms with Gasteiger partial charge in [0.05, 0.1) is 14.2 Å². The summed E-state index contributed by atoms with van der Waals surface area (Å²) in [6, 6.07) is 1.33. The lowest BCUT2D eigenvalue weighted by Gasteiger charge is -2.10. The number of rotatable bonds is 3. The molecule has 1 rings (SSSR count). The van der Waals surface area contributed by atoms with Crippen LogP contribution in [0.1, 0.15) is 28.2 Å². The monoisotopic (exact) mass is 231 g/mol. The third-order valence-electron chi connectivity index (χ3n) is 2.01. The second-order valence-electron chi connectivity index (χ2n) is 3.03. The second-order valence-corrected chi connectivity index (χ2v) is 3.03. The van der Waals surface area contributed by atoms with Gasteiger partial charge in [-0.15, -0.1) is 0 Å². The van der Waals surface area contributed by atoms with Crippen LogP contribution in [-0.4, -0.2) is 25.2 Å². The second kappa shape index (κ2) is 4.87. The van der Waals surface area contributed by atoms with Crippen LogP contribution in [0.2, 0.25) is 0 Å². The SMILES string of the molecule is COC(=O)c1nc(C(F)F)c(OC)cc1C. The van der Waals surface area contributed by atoms with Gasteiger partial charge in [-0.05, 0) is 18.6 Å². The van der Waals surface area contributed by atoms with E-state index in [2.05, 4.69) is 9.72 Å². The summed E-state index contributed by atoms with van der Waals surface area (Å²) in [5.41, 5.74) is -0.264. The zero-order valence-corrected chi connectivity index (χ0v) is 9.08. The Morgan fingerprint density at radius 2 is 2.06 bits per heavy atom. The third-order valence-corrected chi connectivity index (χ3v) is 2.01. The highest BCUT2D eigenvalue weighted by molar-refractivity contribution is 5.89. The smallest absolute Gasteiger partial charge is 0.356 e. The fraction of sp³-hybridized carbons (Fsp3) is 0.400. The van der Waals surface area contributed by atoms with Crippen LogP contribution in [-0.2, 0) is 4.74 Å². The van der Waals surface area contributed by atoms with Crippen LogP contribution >= 0.6 is 0 Å². The quantitative estimate of drug-likeness (QED) is 0.747. The number of nitrogens with zero attached hydrogens (tertiary/aromatic N) is 1. The van der Waals surface area contributed by atoms with Gasteiger partial charge in [-0.2, -0.15) is 0 Å². The summed E-state index contributed by atoms with van der Waals surface area (Å²) < 4.78 is 34.4. The minimum atomic E-state index is -2.81. The number of aryl methyl sites for hydroxylation is 1. The molecule has 0 aliphatic rings. The Morgan fingerprint density at radius 1 is 1.44 bits per heavy atom. The molecular formula is C10H11F2NO3. The number of hydrogen-bond acceptors (Lipinski definition) is 4. The molecule has 0 aliphatic carbocycles. The Bertz CT molecular complexity index is 407. The molecule has 16 heavy (non-hydrogen) atoms. The van der Waals surface area contributed by atoms with Crippen LogP contribution in [0.15, 0.2) is 6.07 Å². The van der Waals surface area contributed by atoms with Crippen molar-refractivity contribution in [3.8, 4) is 5.75 Å². The molecule has 0 atom stereocenters. The van der Waals surface area contributed by atoms with Gasteiger partial charge in [0, 0.05) is 0 Å².